The van der Waals surface area contributed by atoms with Crippen molar-refractivity contribution < 1.29 is 9.90 Å². The number of hydrogen-bond donors (Lipinski definition) is 2. The van der Waals surface area contributed by atoms with Gasteiger partial charge in [-0.25, -0.2) is 0 Å². The van der Waals surface area contributed by atoms with E-state index in [1.54, 1.807) is 13.8 Å². The van der Waals surface area contributed by atoms with Gasteiger partial charge in [-0.2, -0.15) is 0 Å². The highest BCUT2D eigenvalue weighted by atomic mass is 16.4. The first-order valence-corrected chi connectivity index (χ1v) is 6.52. The van der Waals surface area contributed by atoms with Crippen molar-refractivity contribution in [1.82, 2.24) is 0 Å². The van der Waals surface area contributed by atoms with Gasteiger partial charge in [-0.1, -0.05) is 26.0 Å². The van der Waals surface area contributed by atoms with Crippen molar-refractivity contribution in [2.24, 2.45) is 0 Å². The molecule has 0 saturated carbocycles. The van der Waals surface area contributed by atoms with E-state index in [2.05, 4.69) is 19.2 Å². The molecule has 0 fully saturated rings. The summed E-state index contributed by atoms with van der Waals surface area (Å²) in [4.78, 5) is 11.2. The number of aliphatic carboxylic acids is 1. The van der Waals surface area contributed by atoms with Crippen molar-refractivity contribution in [3.8, 4) is 0 Å². The second-order valence-corrected chi connectivity index (χ2v) is 5.17. The standard InChI is InChI=1S/C15H23NO2/c1-5-12(6-2)16-13-9-7-11(8-10-13)15(3,4)14(17)18/h7-10,12,16H,5-6H2,1-4H3,(H,17,18). The van der Waals surface area contributed by atoms with Crippen LogP contribution in [0.1, 0.15) is 46.1 Å². The van der Waals surface area contributed by atoms with Crippen LogP contribution in [0.4, 0.5) is 5.69 Å². The molecule has 100 valence electrons. The number of carboxylic acid groups (broad SMARTS) is 1. The van der Waals surface area contributed by atoms with Crippen LogP contribution in [-0.4, -0.2) is 17.1 Å². The fourth-order valence-electron chi connectivity index (χ4n) is 1.84. The summed E-state index contributed by atoms with van der Waals surface area (Å²) in [5.41, 5.74) is 1.03. The summed E-state index contributed by atoms with van der Waals surface area (Å²) in [7, 11) is 0. The van der Waals surface area contributed by atoms with E-state index >= 15 is 0 Å². The van der Waals surface area contributed by atoms with Crippen molar-refractivity contribution in [2.75, 3.05) is 5.32 Å². The Morgan fingerprint density at radius 3 is 2.11 bits per heavy atom. The largest absolute Gasteiger partial charge is 0.481 e. The number of rotatable bonds is 6. The molecule has 0 spiro atoms. The van der Waals surface area contributed by atoms with Crippen LogP contribution in [0.25, 0.3) is 0 Å². The van der Waals surface area contributed by atoms with Gasteiger partial charge < -0.3 is 10.4 Å². The maximum atomic E-state index is 11.2. The lowest BCUT2D eigenvalue weighted by molar-refractivity contribution is -0.142. The normalized spacial score (nSPS) is 11.6. The Balaban J connectivity index is 2.83. The lowest BCUT2D eigenvalue weighted by Gasteiger charge is -2.21. The molecule has 0 saturated heterocycles. The third-order valence-electron chi connectivity index (χ3n) is 3.50. The first-order valence-electron chi connectivity index (χ1n) is 6.52. The zero-order chi connectivity index (χ0) is 13.8. The molecule has 1 aromatic carbocycles. The molecule has 1 aromatic rings. The summed E-state index contributed by atoms with van der Waals surface area (Å²) in [5.74, 6) is -0.803. The average molecular weight is 249 g/mol. The van der Waals surface area contributed by atoms with E-state index in [1.807, 2.05) is 24.3 Å². The Morgan fingerprint density at radius 2 is 1.72 bits per heavy atom. The highest BCUT2D eigenvalue weighted by Gasteiger charge is 2.29. The fraction of sp³-hybridized carbons (Fsp3) is 0.533. The predicted molar refractivity (Wildman–Crippen MR) is 75.1 cm³/mol. The average Bonchev–Trinajstić information content (AvgIpc) is 2.36. The number of benzene rings is 1. The minimum absolute atomic E-state index is 0.475. The van der Waals surface area contributed by atoms with Crippen LogP contribution in [0.2, 0.25) is 0 Å². The molecule has 0 unspecified atom stereocenters. The molecule has 0 bridgehead atoms. The summed E-state index contributed by atoms with van der Waals surface area (Å²) in [6.45, 7) is 7.75. The minimum atomic E-state index is -0.840. The maximum absolute atomic E-state index is 11.2. The molecule has 0 aliphatic rings. The molecule has 0 amide bonds. The number of carboxylic acids is 1. The monoisotopic (exact) mass is 249 g/mol. The van der Waals surface area contributed by atoms with E-state index in [-0.39, 0.29) is 0 Å². The summed E-state index contributed by atoms with van der Waals surface area (Å²) in [6.07, 6.45) is 2.16. The third kappa shape index (κ3) is 3.25. The van der Waals surface area contributed by atoms with Gasteiger partial charge in [0, 0.05) is 11.7 Å². The molecular formula is C15H23NO2. The van der Waals surface area contributed by atoms with Gasteiger partial charge in [0.15, 0.2) is 0 Å². The number of anilines is 1. The second kappa shape index (κ2) is 5.89. The van der Waals surface area contributed by atoms with Gasteiger partial charge >= 0.3 is 5.97 Å². The summed E-state index contributed by atoms with van der Waals surface area (Å²) < 4.78 is 0. The molecule has 1 rings (SSSR count). The SMILES string of the molecule is CCC(CC)Nc1ccc(C(C)(C)C(=O)O)cc1. The molecule has 3 heteroatoms. The molecule has 0 aliphatic carbocycles. The second-order valence-electron chi connectivity index (χ2n) is 5.17. The van der Waals surface area contributed by atoms with Gasteiger partial charge in [-0.3, -0.25) is 4.79 Å². The van der Waals surface area contributed by atoms with Crippen molar-refractivity contribution in [2.45, 2.75) is 52.0 Å². The van der Waals surface area contributed by atoms with Crippen LogP contribution in [0.3, 0.4) is 0 Å². The van der Waals surface area contributed by atoms with Gasteiger partial charge in [-0.05, 0) is 44.4 Å². The van der Waals surface area contributed by atoms with Gasteiger partial charge in [0.25, 0.3) is 0 Å². The highest BCUT2D eigenvalue weighted by Crippen LogP contribution is 2.25. The Bertz CT molecular complexity index is 391. The van der Waals surface area contributed by atoms with Crippen molar-refractivity contribution in [1.29, 1.82) is 0 Å². The first-order chi connectivity index (χ1) is 8.41. The fourth-order valence-corrected chi connectivity index (χ4v) is 1.84. The lowest BCUT2D eigenvalue weighted by Crippen LogP contribution is -2.28. The van der Waals surface area contributed by atoms with E-state index in [9.17, 15) is 4.79 Å². The Hall–Kier alpha value is -1.51. The molecule has 2 N–H and O–H groups in total. The number of hydrogen-bond acceptors (Lipinski definition) is 2. The maximum Gasteiger partial charge on any atom is 0.313 e. The molecule has 18 heavy (non-hydrogen) atoms. The van der Waals surface area contributed by atoms with E-state index in [1.165, 1.54) is 0 Å². The molecule has 0 aliphatic heterocycles. The summed E-state index contributed by atoms with van der Waals surface area (Å²) in [6, 6.07) is 8.16. The topological polar surface area (TPSA) is 49.3 Å². The van der Waals surface area contributed by atoms with Gasteiger partial charge in [0.05, 0.1) is 5.41 Å². The van der Waals surface area contributed by atoms with Crippen LogP contribution in [-0.2, 0) is 10.2 Å². The first kappa shape index (κ1) is 14.6. The quantitative estimate of drug-likeness (QED) is 0.809. The Kier molecular flexibility index (Phi) is 4.76. The van der Waals surface area contributed by atoms with Gasteiger partial charge in [-0.15, -0.1) is 0 Å². The zero-order valence-electron chi connectivity index (χ0n) is 11.7. The van der Waals surface area contributed by atoms with E-state index < -0.39 is 11.4 Å². The Labute approximate surface area is 109 Å². The zero-order valence-corrected chi connectivity index (χ0v) is 11.7. The van der Waals surface area contributed by atoms with E-state index in [4.69, 9.17) is 5.11 Å². The molecule has 3 nitrogen and oxygen atoms in total. The molecule has 0 aromatic heterocycles. The van der Waals surface area contributed by atoms with Gasteiger partial charge in [0.1, 0.15) is 0 Å². The van der Waals surface area contributed by atoms with Crippen LogP contribution in [0.5, 0.6) is 0 Å². The van der Waals surface area contributed by atoms with Crippen LogP contribution in [0.15, 0.2) is 24.3 Å². The van der Waals surface area contributed by atoms with Crippen molar-refractivity contribution in [3.63, 3.8) is 0 Å². The Morgan fingerprint density at radius 1 is 1.22 bits per heavy atom. The number of carbonyl (C=O) groups is 1. The molecule has 0 atom stereocenters. The van der Waals surface area contributed by atoms with Crippen LogP contribution < -0.4 is 5.32 Å². The smallest absolute Gasteiger partial charge is 0.313 e. The summed E-state index contributed by atoms with van der Waals surface area (Å²) in [5, 5.41) is 12.6. The van der Waals surface area contributed by atoms with Gasteiger partial charge in [0.2, 0.25) is 0 Å². The third-order valence-corrected chi connectivity index (χ3v) is 3.50. The molecule has 0 radical (unpaired) electrons. The number of nitrogens with one attached hydrogen (secondary N) is 1. The van der Waals surface area contributed by atoms with E-state index in [0.29, 0.717) is 6.04 Å². The highest BCUT2D eigenvalue weighted by molar-refractivity contribution is 5.80. The van der Waals surface area contributed by atoms with Crippen molar-refractivity contribution >= 4 is 11.7 Å². The van der Waals surface area contributed by atoms with Crippen molar-refractivity contribution in [3.05, 3.63) is 29.8 Å². The van der Waals surface area contributed by atoms with E-state index in [0.717, 1.165) is 24.1 Å². The minimum Gasteiger partial charge on any atom is -0.481 e. The molecular weight excluding hydrogens is 226 g/mol. The molecule has 0 heterocycles. The lowest BCUT2D eigenvalue weighted by atomic mass is 9.85. The predicted octanol–water partition coefficient (Wildman–Crippen LogP) is 3.65. The summed E-state index contributed by atoms with van der Waals surface area (Å²) >= 11 is 0. The van der Waals surface area contributed by atoms with Crippen LogP contribution >= 0.6 is 0 Å². The van der Waals surface area contributed by atoms with Crippen LogP contribution in [0, 0.1) is 0 Å².